The summed E-state index contributed by atoms with van der Waals surface area (Å²) in [5.74, 6) is 0.102. The van der Waals surface area contributed by atoms with Crippen molar-refractivity contribution in [2.45, 2.75) is 27.7 Å². The third kappa shape index (κ3) is 2.68. The first kappa shape index (κ1) is 11.5. The predicted molar refractivity (Wildman–Crippen MR) is 56.5 cm³/mol. The number of esters is 1. The number of carbonyl (C=O) groups is 1. The Bertz CT molecular complexity index is 387. The van der Waals surface area contributed by atoms with Crippen LogP contribution in [0.4, 0.5) is 0 Å². The van der Waals surface area contributed by atoms with Crippen molar-refractivity contribution in [2.75, 3.05) is 6.61 Å². The highest BCUT2D eigenvalue weighted by molar-refractivity contribution is 5.93. The highest BCUT2D eigenvalue weighted by atomic mass is 16.5. The summed E-state index contributed by atoms with van der Waals surface area (Å²) < 4.78 is 9.89. The maximum absolute atomic E-state index is 11.6. The van der Waals surface area contributed by atoms with Crippen molar-refractivity contribution in [3.63, 3.8) is 0 Å². The molecule has 0 atom stereocenters. The summed E-state index contributed by atoms with van der Waals surface area (Å²) in [6.45, 7) is 7.67. The van der Waals surface area contributed by atoms with E-state index in [0.717, 1.165) is 5.57 Å². The Balaban J connectivity index is 3.09. The Morgan fingerprint density at radius 2 is 2.20 bits per heavy atom. The molecule has 0 bridgehead atoms. The minimum Gasteiger partial charge on any atom is -0.462 e. The molecule has 4 heteroatoms. The molecule has 1 rings (SSSR count). The maximum Gasteiger partial charge on any atom is 0.344 e. The summed E-state index contributed by atoms with van der Waals surface area (Å²) in [4.78, 5) is 11.6. The van der Waals surface area contributed by atoms with Gasteiger partial charge in [-0.15, -0.1) is 0 Å². The van der Waals surface area contributed by atoms with Gasteiger partial charge in [0, 0.05) is 0 Å². The Kier molecular flexibility index (Phi) is 3.66. The zero-order valence-corrected chi connectivity index (χ0v) is 9.46. The highest BCUT2D eigenvalue weighted by Crippen LogP contribution is 2.17. The zero-order valence-electron chi connectivity index (χ0n) is 9.46. The third-order valence-electron chi connectivity index (χ3n) is 1.79. The van der Waals surface area contributed by atoms with Crippen LogP contribution in [-0.4, -0.2) is 17.7 Å². The molecule has 4 nitrogen and oxygen atoms in total. The number of rotatable bonds is 3. The number of aromatic nitrogens is 1. The van der Waals surface area contributed by atoms with Gasteiger partial charge in [0.05, 0.1) is 6.61 Å². The van der Waals surface area contributed by atoms with E-state index in [1.54, 1.807) is 19.9 Å². The summed E-state index contributed by atoms with van der Waals surface area (Å²) in [5, 5.41) is 3.81. The smallest absolute Gasteiger partial charge is 0.344 e. The summed E-state index contributed by atoms with van der Waals surface area (Å²) >= 11 is 0. The van der Waals surface area contributed by atoms with Crippen LogP contribution in [0.3, 0.4) is 0 Å². The molecule has 0 saturated carbocycles. The quantitative estimate of drug-likeness (QED) is 0.718. The van der Waals surface area contributed by atoms with Crippen LogP contribution in [0.2, 0.25) is 0 Å². The van der Waals surface area contributed by atoms with Crippen LogP contribution < -0.4 is 0 Å². The molecule has 0 N–H and O–H groups in total. The van der Waals surface area contributed by atoms with E-state index in [1.807, 2.05) is 13.8 Å². The van der Waals surface area contributed by atoms with Crippen LogP contribution in [-0.2, 0) is 4.74 Å². The molecule has 0 radical (unpaired) electrons. The number of ether oxygens (including phenoxy) is 1. The molecule has 0 amide bonds. The fraction of sp³-hybridized carbons (Fsp3) is 0.455. The molecular weight excluding hydrogens is 194 g/mol. The van der Waals surface area contributed by atoms with Gasteiger partial charge in [-0.3, -0.25) is 0 Å². The molecule has 0 saturated heterocycles. The predicted octanol–water partition coefficient (Wildman–Crippen LogP) is 2.58. The van der Waals surface area contributed by atoms with Gasteiger partial charge >= 0.3 is 5.97 Å². The van der Waals surface area contributed by atoms with Crippen molar-refractivity contribution in [3.05, 3.63) is 22.6 Å². The normalized spacial score (nSPS) is 9.87. The third-order valence-corrected chi connectivity index (χ3v) is 1.79. The van der Waals surface area contributed by atoms with Crippen LogP contribution in [0, 0.1) is 6.92 Å². The fourth-order valence-electron chi connectivity index (χ4n) is 1.21. The Hall–Kier alpha value is -1.58. The number of allylic oxidation sites excluding steroid dienone is 1. The van der Waals surface area contributed by atoms with Crippen LogP contribution in [0.5, 0.6) is 0 Å². The molecule has 1 aromatic heterocycles. The van der Waals surface area contributed by atoms with Crippen LogP contribution in [0.25, 0.3) is 6.08 Å². The lowest BCUT2D eigenvalue weighted by atomic mass is 10.1. The highest BCUT2D eigenvalue weighted by Gasteiger charge is 2.19. The molecule has 1 aromatic rings. The van der Waals surface area contributed by atoms with Gasteiger partial charge < -0.3 is 9.26 Å². The average molecular weight is 209 g/mol. The van der Waals surface area contributed by atoms with Crippen molar-refractivity contribution in [1.82, 2.24) is 5.16 Å². The largest absolute Gasteiger partial charge is 0.462 e. The van der Waals surface area contributed by atoms with Crippen LogP contribution >= 0.6 is 0 Å². The first-order chi connectivity index (χ1) is 7.06. The van der Waals surface area contributed by atoms with Crippen LogP contribution in [0.1, 0.15) is 42.6 Å². The standard InChI is InChI=1S/C11H15NO3/c1-5-14-11(13)10-8(4)15-12-9(10)6-7(2)3/h6H,5H2,1-4H3. The van der Waals surface area contributed by atoms with Gasteiger partial charge in [0.1, 0.15) is 17.0 Å². The monoisotopic (exact) mass is 209 g/mol. The van der Waals surface area contributed by atoms with E-state index < -0.39 is 0 Å². The van der Waals surface area contributed by atoms with Gasteiger partial charge in [-0.1, -0.05) is 10.7 Å². The number of hydrogen-bond donors (Lipinski definition) is 0. The molecule has 0 fully saturated rings. The van der Waals surface area contributed by atoms with E-state index in [2.05, 4.69) is 5.16 Å². The van der Waals surface area contributed by atoms with E-state index in [-0.39, 0.29) is 5.97 Å². The van der Waals surface area contributed by atoms with Gasteiger partial charge in [-0.25, -0.2) is 4.79 Å². The van der Waals surface area contributed by atoms with E-state index in [9.17, 15) is 4.79 Å². The average Bonchev–Trinajstić information content (AvgIpc) is 2.46. The van der Waals surface area contributed by atoms with E-state index in [4.69, 9.17) is 9.26 Å². The second kappa shape index (κ2) is 4.77. The number of carbonyl (C=O) groups excluding carboxylic acids is 1. The summed E-state index contributed by atoms with van der Waals surface area (Å²) in [7, 11) is 0. The molecule has 0 spiro atoms. The van der Waals surface area contributed by atoms with Gasteiger partial charge in [0.25, 0.3) is 0 Å². The number of aryl methyl sites for hydroxylation is 1. The molecule has 0 aromatic carbocycles. The molecule has 0 aliphatic carbocycles. The number of nitrogens with zero attached hydrogens (tertiary/aromatic N) is 1. The van der Waals surface area contributed by atoms with Gasteiger partial charge in [0.2, 0.25) is 0 Å². The molecule has 15 heavy (non-hydrogen) atoms. The topological polar surface area (TPSA) is 52.3 Å². The SMILES string of the molecule is CCOC(=O)c1c(C=C(C)C)noc1C. The van der Waals surface area contributed by atoms with Gasteiger partial charge in [-0.2, -0.15) is 0 Å². The maximum atomic E-state index is 11.6. The lowest BCUT2D eigenvalue weighted by Gasteiger charge is -1.99. The second-order valence-electron chi connectivity index (χ2n) is 3.44. The van der Waals surface area contributed by atoms with Crippen molar-refractivity contribution >= 4 is 12.0 Å². The fourth-order valence-corrected chi connectivity index (χ4v) is 1.21. The summed E-state index contributed by atoms with van der Waals surface area (Å²) in [5.41, 5.74) is 2.00. The minimum absolute atomic E-state index is 0.345. The van der Waals surface area contributed by atoms with E-state index in [0.29, 0.717) is 23.6 Å². The molecule has 1 heterocycles. The number of hydrogen-bond acceptors (Lipinski definition) is 4. The lowest BCUT2D eigenvalue weighted by Crippen LogP contribution is -2.06. The van der Waals surface area contributed by atoms with Crippen LogP contribution in [0.15, 0.2) is 10.1 Å². The first-order valence-corrected chi connectivity index (χ1v) is 4.84. The van der Waals surface area contributed by atoms with Crippen molar-refractivity contribution < 1.29 is 14.1 Å². The summed E-state index contributed by atoms with van der Waals surface area (Å²) in [6.07, 6.45) is 1.79. The van der Waals surface area contributed by atoms with Crippen molar-refractivity contribution in [3.8, 4) is 0 Å². The minimum atomic E-state index is -0.385. The molecule has 0 unspecified atom stereocenters. The zero-order chi connectivity index (χ0) is 11.4. The van der Waals surface area contributed by atoms with Gasteiger partial charge in [0.15, 0.2) is 0 Å². The summed E-state index contributed by atoms with van der Waals surface area (Å²) in [6, 6.07) is 0. The van der Waals surface area contributed by atoms with Crippen molar-refractivity contribution in [1.29, 1.82) is 0 Å². The Morgan fingerprint density at radius 3 is 2.73 bits per heavy atom. The molecule has 82 valence electrons. The lowest BCUT2D eigenvalue weighted by molar-refractivity contribution is 0.0524. The van der Waals surface area contributed by atoms with E-state index in [1.165, 1.54) is 0 Å². The van der Waals surface area contributed by atoms with Gasteiger partial charge in [-0.05, 0) is 33.8 Å². The molecular formula is C11H15NO3. The first-order valence-electron chi connectivity index (χ1n) is 4.84. The Morgan fingerprint density at radius 1 is 1.53 bits per heavy atom. The van der Waals surface area contributed by atoms with Crippen molar-refractivity contribution in [2.24, 2.45) is 0 Å². The Labute approximate surface area is 88.9 Å². The van der Waals surface area contributed by atoms with E-state index >= 15 is 0 Å². The molecule has 0 aliphatic heterocycles. The second-order valence-corrected chi connectivity index (χ2v) is 3.44. The molecule has 0 aliphatic rings.